The van der Waals surface area contributed by atoms with Crippen LogP contribution >= 0.6 is 22.6 Å². The van der Waals surface area contributed by atoms with Crippen LogP contribution in [0.5, 0.6) is 0 Å². The summed E-state index contributed by atoms with van der Waals surface area (Å²) in [5.74, 6) is 0.494. The zero-order valence-corrected chi connectivity index (χ0v) is 15.4. The molecule has 0 saturated heterocycles. The minimum atomic E-state index is -0.0706. The van der Waals surface area contributed by atoms with Crippen LogP contribution in [0, 0.1) is 27.7 Å². The summed E-state index contributed by atoms with van der Waals surface area (Å²) in [6.07, 6.45) is 1.79. The Morgan fingerprint density at radius 3 is 2.67 bits per heavy atom. The Balaban J connectivity index is 2.16. The zero-order valence-electron chi connectivity index (χ0n) is 13.2. The number of nitrogens with two attached hydrogens (primary N) is 1. The molecular weight excluding hydrogens is 375 g/mol. The molecule has 1 saturated carbocycles. The number of hydrogen-bond acceptors (Lipinski definition) is 2. The number of hydrogen-bond donors (Lipinski definition) is 2. The van der Waals surface area contributed by atoms with Gasteiger partial charge in [-0.05, 0) is 77.5 Å². The van der Waals surface area contributed by atoms with Crippen molar-refractivity contribution in [2.24, 2.45) is 23.0 Å². The second kappa shape index (κ2) is 6.24. The highest BCUT2D eigenvalue weighted by molar-refractivity contribution is 14.1. The van der Waals surface area contributed by atoms with Gasteiger partial charge in [0.2, 0.25) is 5.91 Å². The Bertz CT molecular complexity index is 542. The van der Waals surface area contributed by atoms with Crippen LogP contribution in [0.2, 0.25) is 0 Å². The monoisotopic (exact) mass is 400 g/mol. The van der Waals surface area contributed by atoms with E-state index in [9.17, 15) is 4.79 Å². The van der Waals surface area contributed by atoms with E-state index in [1.165, 1.54) is 3.57 Å². The zero-order chi connectivity index (χ0) is 15.8. The molecule has 3 atom stereocenters. The second-order valence-electron chi connectivity index (χ2n) is 6.85. The van der Waals surface area contributed by atoms with Crippen molar-refractivity contribution in [2.45, 2.75) is 46.6 Å². The first kappa shape index (κ1) is 16.7. The first-order chi connectivity index (χ1) is 9.73. The van der Waals surface area contributed by atoms with Gasteiger partial charge in [-0.3, -0.25) is 4.79 Å². The third-order valence-corrected chi connectivity index (χ3v) is 5.94. The molecule has 0 bridgehead atoms. The first-order valence-electron chi connectivity index (χ1n) is 7.56. The summed E-state index contributed by atoms with van der Waals surface area (Å²) in [5.41, 5.74) is 8.13. The van der Waals surface area contributed by atoms with Gasteiger partial charge in [-0.15, -0.1) is 0 Å². The molecule has 0 aliphatic heterocycles. The van der Waals surface area contributed by atoms with E-state index in [0.29, 0.717) is 5.92 Å². The molecule has 0 aromatic heterocycles. The molecule has 0 heterocycles. The van der Waals surface area contributed by atoms with E-state index in [2.05, 4.69) is 54.7 Å². The van der Waals surface area contributed by atoms with Crippen LogP contribution in [-0.2, 0) is 4.79 Å². The summed E-state index contributed by atoms with van der Waals surface area (Å²) in [4.78, 5) is 12.7. The molecule has 116 valence electrons. The highest BCUT2D eigenvalue weighted by Crippen LogP contribution is 2.44. The number of rotatable bonds is 2. The van der Waals surface area contributed by atoms with E-state index in [4.69, 9.17) is 5.73 Å². The fraction of sp³-hybridized carbons (Fsp3) is 0.588. The third kappa shape index (κ3) is 3.42. The average Bonchev–Trinajstić information content (AvgIpc) is 2.39. The van der Waals surface area contributed by atoms with E-state index >= 15 is 0 Å². The van der Waals surface area contributed by atoms with E-state index in [-0.39, 0.29) is 23.3 Å². The average molecular weight is 400 g/mol. The summed E-state index contributed by atoms with van der Waals surface area (Å²) in [6.45, 7) is 8.53. The number of amides is 1. The van der Waals surface area contributed by atoms with Crippen molar-refractivity contribution < 1.29 is 4.79 Å². The molecule has 1 aliphatic carbocycles. The number of benzene rings is 1. The lowest BCUT2D eigenvalue weighted by Gasteiger charge is -2.46. The number of carbonyl (C=O) groups is 1. The van der Waals surface area contributed by atoms with Gasteiger partial charge >= 0.3 is 0 Å². The van der Waals surface area contributed by atoms with Gasteiger partial charge in [0.05, 0.1) is 0 Å². The van der Waals surface area contributed by atoms with Gasteiger partial charge in [-0.2, -0.15) is 0 Å². The highest BCUT2D eigenvalue weighted by Gasteiger charge is 2.44. The van der Waals surface area contributed by atoms with Gasteiger partial charge in [0.15, 0.2) is 0 Å². The van der Waals surface area contributed by atoms with Gasteiger partial charge in [0.25, 0.3) is 0 Å². The molecule has 1 aromatic rings. The Labute approximate surface area is 141 Å². The summed E-state index contributed by atoms with van der Waals surface area (Å²) >= 11 is 2.28. The van der Waals surface area contributed by atoms with Gasteiger partial charge in [-0.1, -0.05) is 20.8 Å². The van der Waals surface area contributed by atoms with Crippen LogP contribution in [0.1, 0.15) is 39.2 Å². The van der Waals surface area contributed by atoms with Crippen molar-refractivity contribution in [2.75, 3.05) is 5.32 Å². The van der Waals surface area contributed by atoms with Crippen molar-refractivity contribution in [3.63, 3.8) is 0 Å². The van der Waals surface area contributed by atoms with E-state index in [1.54, 1.807) is 0 Å². The Morgan fingerprint density at radius 1 is 1.38 bits per heavy atom. The van der Waals surface area contributed by atoms with Crippen molar-refractivity contribution in [1.82, 2.24) is 0 Å². The summed E-state index contributed by atoms with van der Waals surface area (Å²) in [5, 5.41) is 3.12. The first-order valence-corrected chi connectivity index (χ1v) is 8.64. The van der Waals surface area contributed by atoms with Crippen molar-refractivity contribution in [1.29, 1.82) is 0 Å². The lowest BCUT2D eigenvalue weighted by Crippen LogP contribution is -2.50. The molecule has 4 heteroatoms. The van der Waals surface area contributed by atoms with Gasteiger partial charge in [0.1, 0.15) is 0 Å². The van der Waals surface area contributed by atoms with Crippen LogP contribution < -0.4 is 11.1 Å². The maximum absolute atomic E-state index is 12.7. The quantitative estimate of drug-likeness (QED) is 0.739. The molecule has 3 N–H and O–H groups in total. The molecule has 3 nitrogen and oxygen atoms in total. The largest absolute Gasteiger partial charge is 0.327 e. The number of nitrogens with one attached hydrogen (secondary N) is 1. The van der Waals surface area contributed by atoms with Crippen LogP contribution in [0.15, 0.2) is 18.2 Å². The van der Waals surface area contributed by atoms with E-state index < -0.39 is 0 Å². The van der Waals surface area contributed by atoms with Crippen LogP contribution in [0.25, 0.3) is 0 Å². The molecule has 1 fully saturated rings. The smallest absolute Gasteiger partial charge is 0.228 e. The predicted octanol–water partition coefficient (Wildman–Crippen LogP) is 3.94. The lowest BCUT2D eigenvalue weighted by molar-refractivity contribution is -0.127. The molecule has 2 rings (SSSR count). The van der Waals surface area contributed by atoms with Crippen LogP contribution in [0.4, 0.5) is 5.69 Å². The van der Waals surface area contributed by atoms with Crippen molar-refractivity contribution in [3.05, 3.63) is 27.3 Å². The molecule has 3 unspecified atom stereocenters. The van der Waals surface area contributed by atoms with Crippen molar-refractivity contribution in [3.8, 4) is 0 Å². The van der Waals surface area contributed by atoms with Gasteiger partial charge < -0.3 is 11.1 Å². The maximum atomic E-state index is 12.7. The minimum Gasteiger partial charge on any atom is -0.327 e. The van der Waals surface area contributed by atoms with Crippen molar-refractivity contribution >= 4 is 34.2 Å². The summed E-state index contributed by atoms with van der Waals surface area (Å²) < 4.78 is 1.18. The molecule has 0 radical (unpaired) electrons. The van der Waals surface area contributed by atoms with E-state index in [0.717, 1.165) is 24.1 Å². The number of carbonyl (C=O) groups excluding carboxylic acids is 1. The lowest BCUT2D eigenvalue weighted by atomic mass is 9.61. The SMILES string of the molecule is Cc1cc(I)ccc1NC(=O)C1CCC(N)C(C)C1(C)C. The molecular formula is C17H25IN2O. The molecule has 1 aromatic carbocycles. The van der Waals surface area contributed by atoms with Crippen LogP contribution in [-0.4, -0.2) is 11.9 Å². The van der Waals surface area contributed by atoms with Crippen LogP contribution in [0.3, 0.4) is 0 Å². The van der Waals surface area contributed by atoms with Gasteiger partial charge in [0, 0.05) is 21.2 Å². The second-order valence-corrected chi connectivity index (χ2v) is 8.10. The van der Waals surface area contributed by atoms with E-state index in [1.807, 2.05) is 19.1 Å². The summed E-state index contributed by atoms with van der Waals surface area (Å²) in [7, 11) is 0. The molecule has 21 heavy (non-hydrogen) atoms. The fourth-order valence-corrected chi connectivity index (χ4v) is 3.95. The Morgan fingerprint density at radius 2 is 2.05 bits per heavy atom. The molecule has 1 amide bonds. The van der Waals surface area contributed by atoms with Gasteiger partial charge in [-0.25, -0.2) is 0 Å². The number of aryl methyl sites for hydroxylation is 1. The fourth-order valence-electron chi connectivity index (χ4n) is 3.31. The Hall–Kier alpha value is -0.620. The third-order valence-electron chi connectivity index (χ3n) is 5.27. The topological polar surface area (TPSA) is 55.1 Å². The Kier molecular flexibility index (Phi) is 4.98. The summed E-state index contributed by atoms with van der Waals surface area (Å²) in [6, 6.07) is 6.29. The normalized spacial score (nSPS) is 28.2. The standard InChI is InChI=1S/C17H25IN2O/c1-10-9-12(18)5-8-15(10)20-16(21)13-6-7-14(19)11(2)17(13,3)4/h5,8-9,11,13-14H,6-7,19H2,1-4H3,(H,20,21). The number of anilines is 1. The highest BCUT2D eigenvalue weighted by atomic mass is 127. The maximum Gasteiger partial charge on any atom is 0.228 e. The molecule has 0 spiro atoms. The number of halogens is 1. The minimum absolute atomic E-state index is 0.0194. The predicted molar refractivity (Wildman–Crippen MR) is 96.2 cm³/mol. The molecule has 1 aliphatic rings.